The highest BCUT2D eigenvalue weighted by Crippen LogP contribution is 2.47. The third-order valence-corrected chi connectivity index (χ3v) is 6.21. The third-order valence-electron chi connectivity index (χ3n) is 5.51. The summed E-state index contributed by atoms with van der Waals surface area (Å²) in [5.74, 6) is 4.10. The molecule has 2 heterocycles. The van der Waals surface area contributed by atoms with Gasteiger partial charge in [0.25, 0.3) is 0 Å². The molecule has 6 nitrogen and oxygen atoms in total. The summed E-state index contributed by atoms with van der Waals surface area (Å²) in [5.41, 5.74) is 0.586. The maximum atomic E-state index is 4.87. The number of likely N-dealkylation sites (tertiary alicyclic amines) is 1. The van der Waals surface area contributed by atoms with Crippen LogP contribution in [-0.4, -0.2) is 57.3 Å². The maximum Gasteiger partial charge on any atom is 0.194 e. The Bertz CT molecular complexity index is 578. The Morgan fingerprint density at radius 1 is 1.33 bits per heavy atom. The minimum Gasteiger partial charge on any atom is -0.356 e. The molecule has 0 bridgehead atoms. The van der Waals surface area contributed by atoms with E-state index in [4.69, 9.17) is 4.99 Å². The van der Waals surface area contributed by atoms with Gasteiger partial charge in [-0.25, -0.2) is 4.99 Å². The predicted molar refractivity (Wildman–Crippen MR) is 100 cm³/mol. The van der Waals surface area contributed by atoms with Gasteiger partial charge < -0.3 is 14.8 Å². The van der Waals surface area contributed by atoms with Crippen LogP contribution in [0.3, 0.4) is 0 Å². The SMILES string of the molecule is CSCCCNC(=NCc1nnc(C)n1C)N1CCC2(CCC2)C1. The highest BCUT2D eigenvalue weighted by Gasteiger charge is 2.43. The molecule has 0 unspecified atom stereocenters. The van der Waals surface area contributed by atoms with Crippen molar-refractivity contribution in [2.75, 3.05) is 31.6 Å². The number of aliphatic imine (C=N–C) groups is 1. The smallest absolute Gasteiger partial charge is 0.194 e. The molecule has 0 aromatic carbocycles. The van der Waals surface area contributed by atoms with Crippen LogP contribution in [0.5, 0.6) is 0 Å². The second-order valence-electron chi connectivity index (χ2n) is 7.16. The van der Waals surface area contributed by atoms with Gasteiger partial charge in [-0.15, -0.1) is 10.2 Å². The highest BCUT2D eigenvalue weighted by molar-refractivity contribution is 7.98. The highest BCUT2D eigenvalue weighted by atomic mass is 32.2. The van der Waals surface area contributed by atoms with Crippen molar-refractivity contribution in [3.63, 3.8) is 0 Å². The number of thioether (sulfide) groups is 1. The zero-order valence-electron chi connectivity index (χ0n) is 15.2. The zero-order chi connectivity index (χ0) is 17.0. The van der Waals surface area contributed by atoms with Crippen LogP contribution >= 0.6 is 11.8 Å². The number of guanidine groups is 1. The van der Waals surface area contributed by atoms with Gasteiger partial charge in [-0.05, 0) is 50.0 Å². The van der Waals surface area contributed by atoms with Crippen LogP contribution < -0.4 is 5.32 Å². The number of hydrogen-bond donors (Lipinski definition) is 1. The maximum absolute atomic E-state index is 4.87. The Kier molecular flexibility index (Phi) is 5.69. The zero-order valence-corrected chi connectivity index (χ0v) is 16.0. The molecule has 1 N–H and O–H groups in total. The van der Waals surface area contributed by atoms with Gasteiger partial charge in [0.05, 0.1) is 0 Å². The van der Waals surface area contributed by atoms with E-state index in [0.717, 1.165) is 30.7 Å². The first-order valence-electron chi connectivity index (χ1n) is 9.01. The van der Waals surface area contributed by atoms with E-state index in [1.807, 2.05) is 30.3 Å². The molecule has 0 atom stereocenters. The van der Waals surface area contributed by atoms with Crippen molar-refractivity contribution < 1.29 is 0 Å². The molecule has 1 aromatic rings. The summed E-state index contributed by atoms with van der Waals surface area (Å²) in [5, 5.41) is 12.0. The average molecular weight is 351 g/mol. The molecule has 1 aromatic heterocycles. The molecule has 2 aliphatic rings. The second kappa shape index (κ2) is 7.76. The second-order valence-corrected chi connectivity index (χ2v) is 8.15. The Morgan fingerprint density at radius 2 is 2.17 bits per heavy atom. The first-order chi connectivity index (χ1) is 11.6. The molecular formula is C17H30N6S. The first-order valence-corrected chi connectivity index (χ1v) is 10.4. The van der Waals surface area contributed by atoms with Gasteiger partial charge in [-0.2, -0.15) is 11.8 Å². The molecule has 134 valence electrons. The van der Waals surface area contributed by atoms with Crippen molar-refractivity contribution in [1.82, 2.24) is 25.0 Å². The topological polar surface area (TPSA) is 58.3 Å². The number of rotatable bonds is 6. The fourth-order valence-corrected chi connectivity index (χ4v) is 4.05. The van der Waals surface area contributed by atoms with Gasteiger partial charge in [0.15, 0.2) is 11.8 Å². The van der Waals surface area contributed by atoms with Crippen LogP contribution in [0.1, 0.15) is 43.8 Å². The quantitative estimate of drug-likeness (QED) is 0.484. The van der Waals surface area contributed by atoms with Crippen LogP contribution in [0, 0.1) is 12.3 Å². The van der Waals surface area contributed by atoms with Crippen LogP contribution in [0.25, 0.3) is 0 Å². The fraction of sp³-hybridized carbons (Fsp3) is 0.824. The summed E-state index contributed by atoms with van der Waals surface area (Å²) in [7, 11) is 2.00. The monoisotopic (exact) mass is 350 g/mol. The van der Waals surface area contributed by atoms with Crippen molar-refractivity contribution in [2.24, 2.45) is 17.5 Å². The minimum atomic E-state index is 0.586. The van der Waals surface area contributed by atoms with Gasteiger partial charge in [0.2, 0.25) is 0 Å². The molecule has 1 saturated heterocycles. The van der Waals surface area contributed by atoms with Crippen LogP contribution in [-0.2, 0) is 13.6 Å². The molecule has 1 aliphatic carbocycles. The van der Waals surface area contributed by atoms with Gasteiger partial charge in [0.1, 0.15) is 12.4 Å². The van der Waals surface area contributed by atoms with Crippen molar-refractivity contribution in [3.8, 4) is 0 Å². The van der Waals surface area contributed by atoms with E-state index in [0.29, 0.717) is 12.0 Å². The van der Waals surface area contributed by atoms with Crippen LogP contribution in [0.2, 0.25) is 0 Å². The molecule has 0 amide bonds. The van der Waals surface area contributed by atoms with Crippen LogP contribution in [0.4, 0.5) is 0 Å². The van der Waals surface area contributed by atoms with Crippen molar-refractivity contribution in [1.29, 1.82) is 0 Å². The van der Waals surface area contributed by atoms with Gasteiger partial charge in [0, 0.05) is 26.7 Å². The largest absolute Gasteiger partial charge is 0.356 e. The molecule has 3 rings (SSSR count). The lowest BCUT2D eigenvalue weighted by Crippen LogP contribution is -2.43. The van der Waals surface area contributed by atoms with Gasteiger partial charge in [-0.3, -0.25) is 0 Å². The lowest BCUT2D eigenvalue weighted by atomic mass is 9.68. The number of nitrogens with one attached hydrogen (secondary N) is 1. The van der Waals surface area contributed by atoms with E-state index in [1.165, 1.54) is 44.4 Å². The van der Waals surface area contributed by atoms with E-state index in [1.54, 1.807) is 0 Å². The van der Waals surface area contributed by atoms with E-state index in [9.17, 15) is 0 Å². The van der Waals surface area contributed by atoms with Crippen LogP contribution in [0.15, 0.2) is 4.99 Å². The first kappa shape index (κ1) is 17.6. The number of hydrogen-bond acceptors (Lipinski definition) is 4. The number of aryl methyl sites for hydroxylation is 1. The third kappa shape index (κ3) is 3.87. The molecule has 1 aliphatic heterocycles. The van der Waals surface area contributed by atoms with E-state index in [2.05, 4.69) is 26.7 Å². The molecule has 2 fully saturated rings. The summed E-state index contributed by atoms with van der Waals surface area (Å²) in [6.45, 7) is 5.85. The summed E-state index contributed by atoms with van der Waals surface area (Å²) in [6.07, 6.45) is 8.84. The fourth-order valence-electron chi connectivity index (χ4n) is 3.62. The van der Waals surface area contributed by atoms with Gasteiger partial charge in [-0.1, -0.05) is 6.42 Å². The van der Waals surface area contributed by atoms with Crippen molar-refractivity contribution in [3.05, 3.63) is 11.6 Å². The standard InChI is InChI=1S/C17H30N6S/c1-14-20-21-15(22(14)2)12-19-16(18-9-5-11-24-3)23-10-8-17(13-23)6-4-7-17/h4-13H2,1-3H3,(H,18,19). The molecule has 7 heteroatoms. The van der Waals surface area contributed by atoms with E-state index < -0.39 is 0 Å². The van der Waals surface area contributed by atoms with Gasteiger partial charge >= 0.3 is 0 Å². The normalized spacial score (nSPS) is 19.8. The Labute approximate surface area is 149 Å². The Morgan fingerprint density at radius 3 is 2.75 bits per heavy atom. The lowest BCUT2D eigenvalue weighted by Gasteiger charge is -2.38. The minimum absolute atomic E-state index is 0.586. The average Bonchev–Trinajstić information content (AvgIpc) is 3.13. The predicted octanol–water partition coefficient (Wildman–Crippen LogP) is 2.20. The molecule has 0 radical (unpaired) electrons. The molecular weight excluding hydrogens is 320 g/mol. The summed E-state index contributed by atoms with van der Waals surface area (Å²) in [4.78, 5) is 7.33. The summed E-state index contributed by atoms with van der Waals surface area (Å²) in [6, 6.07) is 0. The summed E-state index contributed by atoms with van der Waals surface area (Å²) >= 11 is 1.90. The van der Waals surface area contributed by atoms with Crippen molar-refractivity contribution >= 4 is 17.7 Å². The number of aromatic nitrogens is 3. The molecule has 1 saturated carbocycles. The lowest BCUT2D eigenvalue weighted by molar-refractivity contribution is 0.151. The number of nitrogens with zero attached hydrogens (tertiary/aromatic N) is 5. The Balaban J connectivity index is 1.64. The van der Waals surface area contributed by atoms with E-state index in [-0.39, 0.29) is 0 Å². The molecule has 24 heavy (non-hydrogen) atoms. The Hall–Kier alpha value is -1.24. The van der Waals surface area contributed by atoms with E-state index >= 15 is 0 Å². The van der Waals surface area contributed by atoms with Crippen molar-refractivity contribution in [2.45, 2.75) is 45.6 Å². The summed E-state index contributed by atoms with van der Waals surface area (Å²) < 4.78 is 2.02. The molecule has 1 spiro atoms.